The predicted molar refractivity (Wildman–Crippen MR) is 120 cm³/mol. The van der Waals surface area contributed by atoms with Crippen molar-refractivity contribution in [2.45, 2.75) is 23.8 Å². The molecular formula is C22H28ClN3O3S. The molecule has 1 N–H and O–H groups in total. The second-order valence-electron chi connectivity index (χ2n) is 7.89. The standard InChI is InChI=1S/C22H28ClN3O3S/c1-25-9-3-4-17-14-18(7-8-21(17)25)22(26-10-12-29-13-11-26)16-24-30(27,28)20-6-2-5-19(23)15-20/h2,5-8,14-15,22,24H,3-4,9-13,16H2,1H3/t22-/m1/s1. The Morgan fingerprint density at radius 3 is 2.70 bits per heavy atom. The Kier molecular flexibility index (Phi) is 6.65. The van der Waals surface area contributed by atoms with E-state index in [2.05, 4.69) is 39.8 Å². The number of hydrogen-bond donors (Lipinski definition) is 1. The van der Waals surface area contributed by atoms with E-state index in [1.165, 1.54) is 17.3 Å². The van der Waals surface area contributed by atoms with E-state index in [9.17, 15) is 8.42 Å². The van der Waals surface area contributed by atoms with E-state index in [0.29, 0.717) is 24.8 Å². The van der Waals surface area contributed by atoms with Crippen molar-refractivity contribution in [2.24, 2.45) is 0 Å². The third-order valence-corrected chi connectivity index (χ3v) is 7.56. The lowest BCUT2D eigenvalue weighted by atomic mass is 9.96. The first-order valence-corrected chi connectivity index (χ1v) is 12.2. The highest BCUT2D eigenvalue weighted by molar-refractivity contribution is 7.89. The first-order valence-electron chi connectivity index (χ1n) is 10.3. The summed E-state index contributed by atoms with van der Waals surface area (Å²) in [6, 6.07) is 12.9. The molecule has 1 fully saturated rings. The quantitative estimate of drug-likeness (QED) is 0.734. The minimum atomic E-state index is -3.65. The number of fused-ring (bicyclic) bond motifs is 1. The minimum absolute atomic E-state index is 0.0552. The maximum atomic E-state index is 12.9. The number of benzene rings is 2. The Bertz CT molecular complexity index is 993. The summed E-state index contributed by atoms with van der Waals surface area (Å²) in [5.74, 6) is 0. The van der Waals surface area contributed by atoms with Crippen LogP contribution >= 0.6 is 11.6 Å². The third kappa shape index (κ3) is 4.81. The first kappa shape index (κ1) is 21.6. The number of morpholine rings is 1. The zero-order valence-electron chi connectivity index (χ0n) is 17.2. The van der Waals surface area contributed by atoms with E-state index in [0.717, 1.165) is 38.0 Å². The zero-order chi connectivity index (χ0) is 21.1. The molecule has 0 aliphatic carbocycles. The van der Waals surface area contributed by atoms with Crippen molar-refractivity contribution in [3.05, 3.63) is 58.6 Å². The van der Waals surface area contributed by atoms with E-state index in [1.807, 2.05) is 0 Å². The van der Waals surface area contributed by atoms with Crippen molar-refractivity contribution in [1.82, 2.24) is 9.62 Å². The van der Waals surface area contributed by atoms with Gasteiger partial charge in [-0.05, 0) is 48.2 Å². The van der Waals surface area contributed by atoms with E-state index in [1.54, 1.807) is 18.2 Å². The van der Waals surface area contributed by atoms with Crippen LogP contribution in [0.2, 0.25) is 5.02 Å². The Hall–Kier alpha value is -1.64. The van der Waals surface area contributed by atoms with Crippen molar-refractivity contribution in [3.63, 3.8) is 0 Å². The highest BCUT2D eigenvalue weighted by atomic mass is 35.5. The van der Waals surface area contributed by atoms with Crippen LogP contribution in [-0.2, 0) is 21.2 Å². The molecule has 2 aromatic carbocycles. The van der Waals surface area contributed by atoms with Gasteiger partial charge in [-0.2, -0.15) is 0 Å². The molecule has 0 amide bonds. The van der Waals surface area contributed by atoms with Crippen LogP contribution in [-0.4, -0.2) is 59.8 Å². The fraction of sp³-hybridized carbons (Fsp3) is 0.455. The molecule has 162 valence electrons. The molecule has 6 nitrogen and oxygen atoms in total. The Morgan fingerprint density at radius 1 is 1.13 bits per heavy atom. The molecule has 0 unspecified atom stereocenters. The van der Waals surface area contributed by atoms with Gasteiger partial charge in [0.1, 0.15) is 0 Å². The maximum Gasteiger partial charge on any atom is 0.240 e. The Labute approximate surface area is 183 Å². The predicted octanol–water partition coefficient (Wildman–Crippen LogP) is 3.07. The van der Waals surface area contributed by atoms with Crippen molar-refractivity contribution < 1.29 is 13.2 Å². The average molecular weight is 450 g/mol. The molecule has 1 saturated heterocycles. The van der Waals surface area contributed by atoms with Crippen LogP contribution < -0.4 is 9.62 Å². The molecule has 2 aromatic rings. The molecular weight excluding hydrogens is 422 g/mol. The molecule has 2 heterocycles. The molecule has 8 heteroatoms. The number of aryl methyl sites for hydroxylation is 1. The smallest absolute Gasteiger partial charge is 0.240 e. The van der Waals surface area contributed by atoms with Gasteiger partial charge in [-0.25, -0.2) is 13.1 Å². The summed E-state index contributed by atoms with van der Waals surface area (Å²) < 4.78 is 34.0. The average Bonchev–Trinajstić information content (AvgIpc) is 2.75. The maximum absolute atomic E-state index is 12.9. The van der Waals surface area contributed by atoms with Gasteiger partial charge in [0.25, 0.3) is 0 Å². The summed E-state index contributed by atoms with van der Waals surface area (Å²) >= 11 is 5.99. The fourth-order valence-electron chi connectivity index (χ4n) is 4.27. The van der Waals surface area contributed by atoms with Crippen LogP contribution in [0.3, 0.4) is 0 Å². The summed E-state index contributed by atoms with van der Waals surface area (Å²) in [4.78, 5) is 4.77. The summed E-state index contributed by atoms with van der Waals surface area (Å²) in [6.07, 6.45) is 2.19. The van der Waals surface area contributed by atoms with Gasteiger partial charge in [-0.15, -0.1) is 0 Å². The van der Waals surface area contributed by atoms with Gasteiger partial charge in [0.05, 0.1) is 18.1 Å². The highest BCUT2D eigenvalue weighted by Gasteiger charge is 2.26. The first-order chi connectivity index (χ1) is 14.4. The van der Waals surface area contributed by atoms with Gasteiger partial charge in [0, 0.05) is 50.0 Å². The van der Waals surface area contributed by atoms with E-state index < -0.39 is 10.0 Å². The van der Waals surface area contributed by atoms with Crippen LogP contribution in [0.5, 0.6) is 0 Å². The number of halogens is 1. The van der Waals surface area contributed by atoms with Gasteiger partial charge >= 0.3 is 0 Å². The van der Waals surface area contributed by atoms with Crippen molar-refractivity contribution in [3.8, 4) is 0 Å². The number of hydrogen-bond acceptors (Lipinski definition) is 5. The van der Waals surface area contributed by atoms with Crippen LogP contribution in [0.1, 0.15) is 23.6 Å². The highest BCUT2D eigenvalue weighted by Crippen LogP contribution is 2.31. The Morgan fingerprint density at radius 2 is 1.93 bits per heavy atom. The van der Waals surface area contributed by atoms with Crippen LogP contribution in [0, 0.1) is 0 Å². The van der Waals surface area contributed by atoms with Crippen molar-refractivity contribution in [2.75, 3.05) is 51.3 Å². The monoisotopic (exact) mass is 449 g/mol. The molecule has 2 aliphatic rings. The van der Waals surface area contributed by atoms with Crippen LogP contribution in [0.4, 0.5) is 5.69 Å². The molecule has 0 spiro atoms. The van der Waals surface area contributed by atoms with Crippen LogP contribution in [0.25, 0.3) is 0 Å². The third-order valence-electron chi connectivity index (χ3n) is 5.90. The summed E-state index contributed by atoms with van der Waals surface area (Å²) in [5, 5.41) is 0.404. The topological polar surface area (TPSA) is 61.9 Å². The van der Waals surface area contributed by atoms with E-state index in [4.69, 9.17) is 16.3 Å². The molecule has 30 heavy (non-hydrogen) atoms. The molecule has 0 saturated carbocycles. The number of anilines is 1. The zero-order valence-corrected chi connectivity index (χ0v) is 18.8. The SMILES string of the molecule is CN1CCCc2cc([C@@H](CNS(=O)(=O)c3cccc(Cl)c3)N3CCOCC3)ccc21. The fourth-order valence-corrected chi connectivity index (χ4v) is 5.60. The number of ether oxygens (including phenoxy) is 1. The van der Waals surface area contributed by atoms with Gasteiger partial charge in [-0.3, -0.25) is 4.90 Å². The lowest BCUT2D eigenvalue weighted by molar-refractivity contribution is 0.0172. The van der Waals surface area contributed by atoms with Crippen molar-refractivity contribution in [1.29, 1.82) is 0 Å². The second kappa shape index (κ2) is 9.24. The van der Waals surface area contributed by atoms with Crippen LogP contribution in [0.15, 0.2) is 47.4 Å². The van der Waals surface area contributed by atoms with E-state index >= 15 is 0 Å². The summed E-state index contributed by atoms with van der Waals surface area (Å²) in [7, 11) is -1.53. The Balaban J connectivity index is 1.59. The molecule has 0 bridgehead atoms. The molecule has 2 aliphatic heterocycles. The van der Waals surface area contributed by atoms with Crippen molar-refractivity contribution >= 4 is 27.3 Å². The number of nitrogens with zero attached hydrogens (tertiary/aromatic N) is 2. The number of nitrogens with one attached hydrogen (secondary N) is 1. The lowest BCUT2D eigenvalue weighted by Gasteiger charge is -2.36. The molecule has 0 aromatic heterocycles. The van der Waals surface area contributed by atoms with Gasteiger partial charge < -0.3 is 9.64 Å². The second-order valence-corrected chi connectivity index (χ2v) is 10.1. The number of rotatable bonds is 6. The molecule has 0 radical (unpaired) electrons. The molecule has 4 rings (SSSR count). The largest absolute Gasteiger partial charge is 0.379 e. The van der Waals surface area contributed by atoms with Gasteiger partial charge in [0.2, 0.25) is 10.0 Å². The molecule has 1 atom stereocenters. The van der Waals surface area contributed by atoms with Gasteiger partial charge in [-0.1, -0.05) is 29.8 Å². The minimum Gasteiger partial charge on any atom is -0.379 e. The summed E-state index contributed by atoms with van der Waals surface area (Å²) in [6.45, 7) is 4.24. The lowest BCUT2D eigenvalue weighted by Crippen LogP contribution is -2.43. The van der Waals surface area contributed by atoms with E-state index in [-0.39, 0.29) is 10.9 Å². The number of sulfonamides is 1. The summed E-state index contributed by atoms with van der Waals surface area (Å²) in [5.41, 5.74) is 3.74. The normalized spacial score (nSPS) is 18.8. The van der Waals surface area contributed by atoms with Gasteiger partial charge in [0.15, 0.2) is 0 Å².